The lowest BCUT2D eigenvalue weighted by atomic mass is 10.0. The van der Waals surface area contributed by atoms with Crippen LogP contribution < -0.4 is 10.1 Å². The number of carbonyl (C=O) groups excluding carboxylic acids is 3. The molecule has 8 heteroatoms. The molecule has 176 valence electrons. The number of amides is 2. The summed E-state index contributed by atoms with van der Waals surface area (Å²) in [7, 11) is 1.58. The van der Waals surface area contributed by atoms with Gasteiger partial charge in [-0.1, -0.05) is 48.5 Å². The number of carbonyl (C=O) groups is 3. The number of fused-ring (bicyclic) bond motifs is 1. The van der Waals surface area contributed by atoms with Gasteiger partial charge >= 0.3 is 5.97 Å². The summed E-state index contributed by atoms with van der Waals surface area (Å²) in [4.78, 5) is 40.0. The number of β-lactam (4-membered cyclic amide) rings is 1. The van der Waals surface area contributed by atoms with Crippen LogP contribution in [0.5, 0.6) is 5.75 Å². The number of nitrogens with one attached hydrogen (secondary N) is 1. The zero-order chi connectivity index (χ0) is 24.1. The van der Waals surface area contributed by atoms with Gasteiger partial charge < -0.3 is 14.8 Å². The van der Waals surface area contributed by atoms with Gasteiger partial charge in [-0.2, -0.15) is 0 Å². The molecular weight excluding hydrogens is 452 g/mol. The predicted molar refractivity (Wildman–Crippen MR) is 130 cm³/mol. The number of methoxy groups -OCH3 is 1. The molecule has 1 fully saturated rings. The molecule has 2 aliphatic rings. The molecule has 2 atom stereocenters. The summed E-state index contributed by atoms with van der Waals surface area (Å²) in [6, 6.07) is 15.9. The third-order valence-corrected chi connectivity index (χ3v) is 7.02. The van der Waals surface area contributed by atoms with Gasteiger partial charge in [0.1, 0.15) is 29.5 Å². The fraction of sp³-hybridized carbons (Fsp3) is 0.269. The first-order chi connectivity index (χ1) is 16.5. The van der Waals surface area contributed by atoms with Gasteiger partial charge in [-0.05, 0) is 35.3 Å². The number of rotatable bonds is 9. The van der Waals surface area contributed by atoms with Crippen LogP contribution in [0, 0.1) is 0 Å². The highest BCUT2D eigenvalue weighted by Gasteiger charge is 2.54. The van der Waals surface area contributed by atoms with E-state index in [9.17, 15) is 14.4 Å². The molecule has 0 bridgehead atoms. The van der Waals surface area contributed by atoms with Crippen molar-refractivity contribution in [1.82, 2.24) is 10.2 Å². The van der Waals surface area contributed by atoms with E-state index in [1.54, 1.807) is 25.3 Å². The van der Waals surface area contributed by atoms with E-state index in [0.717, 1.165) is 16.7 Å². The Labute approximate surface area is 202 Å². The van der Waals surface area contributed by atoms with Crippen molar-refractivity contribution in [3.63, 3.8) is 0 Å². The van der Waals surface area contributed by atoms with Crippen molar-refractivity contribution in [2.45, 2.75) is 30.9 Å². The minimum absolute atomic E-state index is 0.0742. The van der Waals surface area contributed by atoms with Crippen LogP contribution in [0.4, 0.5) is 0 Å². The minimum Gasteiger partial charge on any atom is -0.497 e. The lowest BCUT2D eigenvalue weighted by Crippen LogP contribution is -2.70. The highest BCUT2D eigenvalue weighted by atomic mass is 32.2. The lowest BCUT2D eigenvalue weighted by Gasteiger charge is -2.49. The van der Waals surface area contributed by atoms with Gasteiger partial charge in [-0.3, -0.25) is 14.5 Å². The summed E-state index contributed by atoms with van der Waals surface area (Å²) < 4.78 is 10.7. The molecule has 0 saturated carbocycles. The van der Waals surface area contributed by atoms with Crippen LogP contribution >= 0.6 is 11.8 Å². The Bertz CT molecular complexity index is 1110. The van der Waals surface area contributed by atoms with Crippen LogP contribution in [-0.4, -0.2) is 47.0 Å². The zero-order valence-electron chi connectivity index (χ0n) is 18.9. The first-order valence-electron chi connectivity index (χ1n) is 10.9. The van der Waals surface area contributed by atoms with E-state index in [1.165, 1.54) is 16.7 Å². The number of allylic oxidation sites excluding steroid dienone is 1. The summed E-state index contributed by atoms with van der Waals surface area (Å²) in [5, 5.41) is 2.49. The lowest BCUT2D eigenvalue weighted by molar-refractivity contribution is -0.153. The van der Waals surface area contributed by atoms with E-state index in [0.29, 0.717) is 17.9 Å². The molecule has 2 aromatic rings. The fourth-order valence-electron chi connectivity index (χ4n) is 3.95. The largest absolute Gasteiger partial charge is 0.497 e. The van der Waals surface area contributed by atoms with E-state index in [2.05, 4.69) is 11.9 Å². The average molecular weight is 479 g/mol. The maximum atomic E-state index is 13.1. The summed E-state index contributed by atoms with van der Waals surface area (Å²) in [5.74, 6) is 0.175. The SMILES string of the molecule is C=CCC1=C(C(=O)OCc2ccc(OC)cc2)N2C(=O)C(NC(=O)Cc3ccccc3)C2SC1. The highest BCUT2D eigenvalue weighted by Crippen LogP contribution is 2.41. The first-order valence-corrected chi connectivity index (χ1v) is 12.0. The second-order valence-corrected chi connectivity index (χ2v) is 9.09. The summed E-state index contributed by atoms with van der Waals surface area (Å²) in [5.41, 5.74) is 2.73. The normalized spacial score (nSPS) is 19.1. The van der Waals surface area contributed by atoms with Crippen molar-refractivity contribution >= 4 is 29.5 Å². The number of hydrogen-bond acceptors (Lipinski definition) is 6. The van der Waals surface area contributed by atoms with E-state index in [-0.39, 0.29) is 35.9 Å². The molecule has 2 amide bonds. The molecule has 34 heavy (non-hydrogen) atoms. The molecule has 2 aliphatic heterocycles. The van der Waals surface area contributed by atoms with Crippen LogP contribution in [0.3, 0.4) is 0 Å². The van der Waals surface area contributed by atoms with Gasteiger partial charge in [0.15, 0.2) is 0 Å². The second-order valence-electron chi connectivity index (χ2n) is 7.99. The molecule has 1 N–H and O–H groups in total. The van der Waals surface area contributed by atoms with Crippen molar-refractivity contribution in [3.05, 3.63) is 89.6 Å². The van der Waals surface area contributed by atoms with Crippen molar-refractivity contribution in [2.75, 3.05) is 12.9 Å². The van der Waals surface area contributed by atoms with Crippen LogP contribution in [0.15, 0.2) is 78.5 Å². The summed E-state index contributed by atoms with van der Waals surface area (Å²) >= 11 is 1.52. The Morgan fingerprint density at radius 2 is 1.88 bits per heavy atom. The number of ether oxygens (including phenoxy) is 2. The Morgan fingerprint density at radius 3 is 2.56 bits per heavy atom. The number of hydrogen-bond donors (Lipinski definition) is 1. The summed E-state index contributed by atoms with van der Waals surface area (Å²) in [6.45, 7) is 3.84. The quantitative estimate of drug-likeness (QED) is 0.339. The number of thioether (sulfide) groups is 1. The second kappa shape index (κ2) is 10.6. The number of benzene rings is 2. The van der Waals surface area contributed by atoms with Gasteiger partial charge in [-0.15, -0.1) is 18.3 Å². The Morgan fingerprint density at radius 1 is 1.15 bits per heavy atom. The Balaban J connectivity index is 1.43. The van der Waals surface area contributed by atoms with Crippen LogP contribution in [-0.2, 0) is 32.1 Å². The molecule has 2 unspecified atom stereocenters. The van der Waals surface area contributed by atoms with Crippen molar-refractivity contribution in [1.29, 1.82) is 0 Å². The molecule has 7 nitrogen and oxygen atoms in total. The van der Waals surface area contributed by atoms with Gasteiger partial charge in [-0.25, -0.2) is 4.79 Å². The number of esters is 1. The molecule has 0 spiro atoms. The minimum atomic E-state index is -0.670. The van der Waals surface area contributed by atoms with Crippen molar-refractivity contribution in [3.8, 4) is 5.75 Å². The standard InChI is InChI=1S/C26H26N2O5S/c1-3-7-19-16-34-25-22(27-21(29)14-17-8-5-4-6-9-17)24(30)28(25)23(19)26(31)33-15-18-10-12-20(32-2)13-11-18/h3-6,8-13,22,25H,1,7,14-16H2,2H3,(H,27,29). The summed E-state index contributed by atoms with van der Waals surface area (Å²) in [6.07, 6.45) is 2.37. The zero-order valence-corrected chi connectivity index (χ0v) is 19.7. The molecule has 1 saturated heterocycles. The maximum absolute atomic E-state index is 13.1. The molecule has 0 radical (unpaired) electrons. The smallest absolute Gasteiger partial charge is 0.355 e. The average Bonchev–Trinajstić information content (AvgIpc) is 2.86. The fourth-order valence-corrected chi connectivity index (χ4v) is 5.31. The Hall–Kier alpha value is -3.52. The van der Waals surface area contributed by atoms with E-state index >= 15 is 0 Å². The molecule has 0 aromatic heterocycles. The Kier molecular flexibility index (Phi) is 7.37. The van der Waals surface area contributed by atoms with E-state index < -0.39 is 12.0 Å². The molecule has 2 heterocycles. The molecule has 0 aliphatic carbocycles. The number of nitrogens with zero attached hydrogens (tertiary/aromatic N) is 1. The van der Waals surface area contributed by atoms with Crippen molar-refractivity contribution in [2.24, 2.45) is 0 Å². The van der Waals surface area contributed by atoms with Gasteiger partial charge in [0.05, 0.1) is 13.5 Å². The predicted octanol–water partition coefficient (Wildman–Crippen LogP) is 3.21. The first kappa shape index (κ1) is 23.6. The molecule has 4 rings (SSSR count). The van der Waals surface area contributed by atoms with Crippen LogP contribution in [0.2, 0.25) is 0 Å². The molecular formula is C26H26N2O5S. The van der Waals surface area contributed by atoms with E-state index in [4.69, 9.17) is 9.47 Å². The topological polar surface area (TPSA) is 84.9 Å². The maximum Gasteiger partial charge on any atom is 0.355 e. The third kappa shape index (κ3) is 5.02. The van der Waals surface area contributed by atoms with Crippen LogP contribution in [0.1, 0.15) is 17.5 Å². The van der Waals surface area contributed by atoms with E-state index in [1.807, 2.05) is 42.5 Å². The van der Waals surface area contributed by atoms with Crippen LogP contribution in [0.25, 0.3) is 0 Å². The highest BCUT2D eigenvalue weighted by molar-refractivity contribution is 8.00. The monoisotopic (exact) mass is 478 g/mol. The van der Waals surface area contributed by atoms with Gasteiger partial charge in [0.2, 0.25) is 5.91 Å². The molecule has 2 aromatic carbocycles. The van der Waals surface area contributed by atoms with Gasteiger partial charge in [0, 0.05) is 5.75 Å². The van der Waals surface area contributed by atoms with Gasteiger partial charge in [0.25, 0.3) is 5.91 Å². The van der Waals surface area contributed by atoms with Crippen molar-refractivity contribution < 1.29 is 23.9 Å². The third-order valence-electron chi connectivity index (χ3n) is 5.68.